The molecule has 2 aromatic heterocycles. The van der Waals surface area contributed by atoms with Crippen molar-refractivity contribution in [2.45, 2.75) is 31.9 Å². The maximum absolute atomic E-state index is 12.7. The smallest absolute Gasteiger partial charge is 0.255 e. The largest absolute Gasteiger partial charge is 0.368 e. The van der Waals surface area contributed by atoms with Gasteiger partial charge in [0.1, 0.15) is 11.9 Å². The molecule has 0 aliphatic carbocycles. The SMILES string of the molecule is O=C(Nc1ccc(N2CCc3sccc3C2)nc1)c1cccc(NC(=O)C2CCCO2)c1. The normalized spacial score (nSPS) is 17.6. The Hall–Kier alpha value is -3.23. The number of anilines is 3. The van der Waals surface area contributed by atoms with Crippen molar-refractivity contribution in [3.63, 3.8) is 0 Å². The molecular weight excluding hydrogens is 424 g/mol. The number of fused-ring (bicyclic) bond motifs is 1. The third-order valence-corrected chi connectivity index (χ3v) is 6.77. The zero-order valence-corrected chi connectivity index (χ0v) is 18.4. The summed E-state index contributed by atoms with van der Waals surface area (Å²) in [4.78, 5) is 33.2. The molecule has 0 saturated carbocycles. The maximum Gasteiger partial charge on any atom is 0.255 e. The summed E-state index contributed by atoms with van der Waals surface area (Å²) in [5.41, 5.74) is 3.03. The molecule has 0 spiro atoms. The predicted molar refractivity (Wildman–Crippen MR) is 125 cm³/mol. The van der Waals surface area contributed by atoms with Gasteiger partial charge in [-0.05, 0) is 66.6 Å². The minimum atomic E-state index is -0.414. The summed E-state index contributed by atoms with van der Waals surface area (Å²) in [7, 11) is 0. The zero-order chi connectivity index (χ0) is 21.9. The van der Waals surface area contributed by atoms with Crippen molar-refractivity contribution in [2.75, 3.05) is 28.7 Å². The van der Waals surface area contributed by atoms with Crippen molar-refractivity contribution in [1.29, 1.82) is 0 Å². The van der Waals surface area contributed by atoms with Crippen LogP contribution in [0.25, 0.3) is 0 Å². The molecule has 0 radical (unpaired) electrons. The summed E-state index contributed by atoms with van der Waals surface area (Å²) < 4.78 is 5.41. The number of nitrogens with one attached hydrogen (secondary N) is 2. The number of pyridine rings is 1. The van der Waals surface area contributed by atoms with Gasteiger partial charge in [0.25, 0.3) is 11.8 Å². The van der Waals surface area contributed by atoms with Crippen LogP contribution in [0.2, 0.25) is 0 Å². The zero-order valence-electron chi connectivity index (χ0n) is 17.5. The van der Waals surface area contributed by atoms with E-state index in [9.17, 15) is 9.59 Å². The third kappa shape index (κ3) is 4.51. The Balaban J connectivity index is 1.21. The standard InChI is InChI=1S/C24H24N4O3S/c29-23(16-3-1-4-18(13-16)26-24(30)20-5-2-11-31-20)27-19-6-7-22(25-14-19)28-10-8-21-17(15-28)9-12-32-21/h1,3-4,6-7,9,12-14,20H,2,5,8,10-11,15H2,(H,26,30)(H,27,29). The number of hydrogen-bond acceptors (Lipinski definition) is 6. The van der Waals surface area contributed by atoms with Gasteiger partial charge in [0.05, 0.1) is 11.9 Å². The molecule has 0 bridgehead atoms. The van der Waals surface area contributed by atoms with Crippen LogP contribution in [0.1, 0.15) is 33.6 Å². The molecule has 3 aromatic rings. The number of thiophene rings is 1. The number of ether oxygens (including phenoxy) is 1. The summed E-state index contributed by atoms with van der Waals surface area (Å²) in [5.74, 6) is 0.472. The van der Waals surface area contributed by atoms with Gasteiger partial charge in [0.2, 0.25) is 0 Å². The van der Waals surface area contributed by atoms with E-state index in [1.807, 2.05) is 23.5 Å². The lowest BCUT2D eigenvalue weighted by atomic mass is 10.1. The van der Waals surface area contributed by atoms with E-state index in [1.165, 1.54) is 10.4 Å². The average Bonchev–Trinajstić information content (AvgIpc) is 3.51. The second-order valence-corrected chi connectivity index (χ2v) is 8.97. The van der Waals surface area contributed by atoms with Crippen molar-refractivity contribution in [1.82, 2.24) is 4.98 Å². The molecule has 2 aliphatic rings. The molecule has 1 unspecified atom stereocenters. The van der Waals surface area contributed by atoms with E-state index in [0.29, 0.717) is 23.5 Å². The molecule has 2 N–H and O–H groups in total. The minimum Gasteiger partial charge on any atom is -0.368 e. The quantitative estimate of drug-likeness (QED) is 0.615. The van der Waals surface area contributed by atoms with Crippen LogP contribution in [0.3, 0.4) is 0 Å². The van der Waals surface area contributed by atoms with E-state index in [-0.39, 0.29) is 11.8 Å². The molecule has 4 heterocycles. The van der Waals surface area contributed by atoms with Gasteiger partial charge in [-0.2, -0.15) is 0 Å². The first-order chi connectivity index (χ1) is 15.7. The van der Waals surface area contributed by atoms with Crippen molar-refractivity contribution >= 4 is 40.3 Å². The third-order valence-electron chi connectivity index (χ3n) is 5.75. The van der Waals surface area contributed by atoms with E-state index in [0.717, 1.165) is 38.2 Å². The van der Waals surface area contributed by atoms with Crippen LogP contribution in [0.15, 0.2) is 54.0 Å². The van der Waals surface area contributed by atoms with Gasteiger partial charge in [0, 0.05) is 35.8 Å². The van der Waals surface area contributed by atoms with Crippen molar-refractivity contribution < 1.29 is 14.3 Å². The number of hydrogen-bond donors (Lipinski definition) is 2. The lowest BCUT2D eigenvalue weighted by molar-refractivity contribution is -0.124. The molecule has 2 amide bonds. The number of benzene rings is 1. The molecule has 8 heteroatoms. The van der Waals surface area contributed by atoms with Gasteiger partial charge >= 0.3 is 0 Å². The van der Waals surface area contributed by atoms with Crippen LogP contribution in [-0.2, 0) is 22.5 Å². The number of amides is 2. The highest BCUT2D eigenvalue weighted by atomic mass is 32.1. The summed E-state index contributed by atoms with van der Waals surface area (Å²) in [6.45, 7) is 2.42. The topological polar surface area (TPSA) is 83.6 Å². The number of aromatic nitrogens is 1. The van der Waals surface area contributed by atoms with Crippen molar-refractivity contribution in [3.8, 4) is 0 Å². The lowest BCUT2D eigenvalue weighted by Crippen LogP contribution is -2.30. The first-order valence-corrected chi connectivity index (χ1v) is 11.6. The summed E-state index contributed by atoms with van der Waals surface area (Å²) >= 11 is 1.82. The fraction of sp³-hybridized carbons (Fsp3) is 0.292. The average molecular weight is 449 g/mol. The van der Waals surface area contributed by atoms with E-state index in [2.05, 4.69) is 32.0 Å². The molecule has 7 nitrogen and oxygen atoms in total. The molecule has 1 aromatic carbocycles. The summed E-state index contributed by atoms with van der Waals surface area (Å²) in [6.07, 6.45) is 3.91. The molecule has 5 rings (SSSR count). The molecule has 2 aliphatic heterocycles. The monoisotopic (exact) mass is 448 g/mol. The van der Waals surface area contributed by atoms with E-state index >= 15 is 0 Å². The fourth-order valence-corrected chi connectivity index (χ4v) is 4.93. The first-order valence-electron chi connectivity index (χ1n) is 10.8. The Kier molecular flexibility index (Phi) is 5.87. The lowest BCUT2D eigenvalue weighted by Gasteiger charge is -2.28. The van der Waals surface area contributed by atoms with Gasteiger partial charge in [-0.3, -0.25) is 9.59 Å². The highest BCUT2D eigenvalue weighted by molar-refractivity contribution is 7.10. The second-order valence-electron chi connectivity index (χ2n) is 7.97. The Morgan fingerprint density at radius 3 is 2.88 bits per heavy atom. The van der Waals surface area contributed by atoms with Gasteiger partial charge < -0.3 is 20.3 Å². The molecule has 32 heavy (non-hydrogen) atoms. The highest BCUT2D eigenvalue weighted by Gasteiger charge is 2.23. The molecular formula is C24H24N4O3S. The number of carbonyl (C=O) groups excluding carboxylic acids is 2. The van der Waals surface area contributed by atoms with Gasteiger partial charge in [-0.15, -0.1) is 11.3 Å². The van der Waals surface area contributed by atoms with Crippen molar-refractivity contribution in [3.05, 3.63) is 70.0 Å². The van der Waals surface area contributed by atoms with Crippen molar-refractivity contribution in [2.24, 2.45) is 0 Å². The number of carbonyl (C=O) groups is 2. The van der Waals surface area contributed by atoms with E-state index in [1.54, 1.807) is 30.5 Å². The Morgan fingerprint density at radius 2 is 2.06 bits per heavy atom. The first kappa shape index (κ1) is 20.7. The van der Waals surface area contributed by atoms with Crippen LogP contribution in [0, 0.1) is 0 Å². The van der Waals surface area contributed by atoms with Crippen LogP contribution in [0.4, 0.5) is 17.2 Å². The number of rotatable bonds is 5. The molecule has 164 valence electrons. The van der Waals surface area contributed by atoms with Gasteiger partial charge in [-0.1, -0.05) is 6.07 Å². The second kappa shape index (κ2) is 9.10. The van der Waals surface area contributed by atoms with E-state index < -0.39 is 6.10 Å². The minimum absolute atomic E-state index is 0.174. The van der Waals surface area contributed by atoms with Gasteiger partial charge in [0.15, 0.2) is 0 Å². The number of nitrogens with zero attached hydrogens (tertiary/aromatic N) is 2. The molecule has 1 saturated heterocycles. The molecule has 1 fully saturated rings. The Labute approximate surface area is 190 Å². The van der Waals surface area contributed by atoms with Crippen LogP contribution in [0.5, 0.6) is 0 Å². The molecule has 1 atom stereocenters. The van der Waals surface area contributed by atoms with Crippen LogP contribution >= 0.6 is 11.3 Å². The van der Waals surface area contributed by atoms with Crippen LogP contribution in [-0.4, -0.2) is 36.1 Å². The van der Waals surface area contributed by atoms with Crippen LogP contribution < -0.4 is 15.5 Å². The summed E-state index contributed by atoms with van der Waals surface area (Å²) in [5, 5.41) is 7.85. The van der Waals surface area contributed by atoms with E-state index in [4.69, 9.17) is 4.74 Å². The Bertz CT molecular complexity index is 1120. The predicted octanol–water partition coefficient (Wildman–Crippen LogP) is 4.08. The Morgan fingerprint density at radius 1 is 1.12 bits per heavy atom. The fourth-order valence-electron chi connectivity index (χ4n) is 4.04. The summed E-state index contributed by atoms with van der Waals surface area (Å²) in [6, 6.07) is 12.9. The van der Waals surface area contributed by atoms with Gasteiger partial charge in [-0.25, -0.2) is 4.98 Å². The highest BCUT2D eigenvalue weighted by Crippen LogP contribution is 2.27. The maximum atomic E-state index is 12.7.